The Kier molecular flexibility index (Phi) is 22.2. The molecule has 0 aliphatic carbocycles. The van der Waals surface area contributed by atoms with E-state index in [0.29, 0.717) is 45.6 Å². The quantitative estimate of drug-likeness (QED) is 0.0393. The van der Waals surface area contributed by atoms with Crippen LogP contribution in [0.4, 0.5) is 0 Å². The molecule has 0 aromatic heterocycles. The molecular formula is C22H53N11O. The first kappa shape index (κ1) is 32.5. The van der Waals surface area contributed by atoms with Gasteiger partial charge >= 0.3 is 0 Å². The van der Waals surface area contributed by atoms with Crippen molar-refractivity contribution >= 4 is 11.9 Å². The summed E-state index contributed by atoms with van der Waals surface area (Å²) in [6.07, 6.45) is 3.59. The third kappa shape index (κ3) is 19.9. The Hall–Kier alpha value is -1.54. The Balaban J connectivity index is 4.11. The Morgan fingerprint density at radius 2 is 1.47 bits per heavy atom. The first-order chi connectivity index (χ1) is 16.4. The molecule has 1 amide bonds. The minimum Gasteiger partial charge on any atom is -0.370 e. The van der Waals surface area contributed by atoms with Crippen molar-refractivity contribution in [2.75, 3.05) is 91.6 Å². The number of nitrogens with one attached hydrogen (secondary N) is 3. The zero-order valence-corrected chi connectivity index (χ0v) is 21.4. The van der Waals surface area contributed by atoms with Crippen molar-refractivity contribution in [3.8, 4) is 0 Å². The number of hydrogen-bond acceptors (Lipinski definition) is 9. The lowest BCUT2D eigenvalue weighted by molar-refractivity contribution is -0.122. The second-order valence-electron chi connectivity index (χ2n) is 8.46. The predicted molar refractivity (Wildman–Crippen MR) is 143 cm³/mol. The van der Waals surface area contributed by atoms with Crippen LogP contribution in [0.2, 0.25) is 0 Å². The minimum atomic E-state index is -0.541. The van der Waals surface area contributed by atoms with Crippen LogP contribution in [0, 0.1) is 0 Å². The second kappa shape index (κ2) is 23.2. The Morgan fingerprint density at radius 1 is 0.824 bits per heavy atom. The van der Waals surface area contributed by atoms with Gasteiger partial charge in [-0.15, -0.1) is 0 Å². The number of nitrogens with two attached hydrogens (primary N) is 5. The number of carbonyl (C=O) groups is 1. The van der Waals surface area contributed by atoms with E-state index in [1.807, 2.05) is 0 Å². The summed E-state index contributed by atoms with van der Waals surface area (Å²) in [5.41, 5.74) is 27.8. The van der Waals surface area contributed by atoms with Crippen LogP contribution in [0.5, 0.6) is 0 Å². The maximum Gasteiger partial charge on any atom is 0.236 e. The Bertz CT molecular complexity index is 503. The molecule has 0 spiro atoms. The van der Waals surface area contributed by atoms with Crippen LogP contribution in [0.15, 0.2) is 4.99 Å². The van der Waals surface area contributed by atoms with Crippen LogP contribution in [0.1, 0.15) is 32.6 Å². The van der Waals surface area contributed by atoms with E-state index in [-0.39, 0.29) is 11.9 Å². The molecule has 12 heteroatoms. The van der Waals surface area contributed by atoms with Crippen molar-refractivity contribution in [2.45, 2.75) is 38.6 Å². The fraction of sp³-hybridized carbons (Fsp3) is 0.909. The van der Waals surface area contributed by atoms with Crippen molar-refractivity contribution < 1.29 is 4.79 Å². The first-order valence-electron chi connectivity index (χ1n) is 12.8. The molecule has 0 saturated carbocycles. The Labute approximate surface area is 206 Å². The number of unbranched alkanes of at least 4 members (excludes halogenated alkanes) is 1. The first-order valence-corrected chi connectivity index (χ1v) is 12.8. The van der Waals surface area contributed by atoms with E-state index in [0.717, 1.165) is 58.9 Å². The SMILES string of the molecule is CCCCN(CCNCCNC(=O)C(N)CCCN=C(N)N)CCN(CCN)CCNCCN. The summed E-state index contributed by atoms with van der Waals surface area (Å²) < 4.78 is 0. The van der Waals surface area contributed by atoms with Gasteiger partial charge in [0.2, 0.25) is 5.91 Å². The lowest BCUT2D eigenvalue weighted by Gasteiger charge is -2.27. The number of aliphatic imine (C=N–C) groups is 1. The lowest BCUT2D eigenvalue weighted by atomic mass is 10.1. The van der Waals surface area contributed by atoms with Gasteiger partial charge in [0.25, 0.3) is 0 Å². The smallest absolute Gasteiger partial charge is 0.236 e. The van der Waals surface area contributed by atoms with Crippen LogP contribution in [0.25, 0.3) is 0 Å². The van der Waals surface area contributed by atoms with Gasteiger partial charge in [0.05, 0.1) is 6.04 Å². The molecule has 202 valence electrons. The van der Waals surface area contributed by atoms with E-state index < -0.39 is 6.04 Å². The number of nitrogens with zero attached hydrogens (tertiary/aromatic N) is 3. The molecule has 34 heavy (non-hydrogen) atoms. The number of carbonyl (C=O) groups excluding carboxylic acids is 1. The lowest BCUT2D eigenvalue weighted by Crippen LogP contribution is -2.44. The average Bonchev–Trinajstić information content (AvgIpc) is 2.82. The highest BCUT2D eigenvalue weighted by atomic mass is 16.2. The summed E-state index contributed by atoms with van der Waals surface area (Å²) in [4.78, 5) is 20.9. The van der Waals surface area contributed by atoms with E-state index in [2.05, 4.69) is 37.7 Å². The molecule has 0 fully saturated rings. The summed E-state index contributed by atoms with van der Waals surface area (Å²) in [6.45, 7) is 13.9. The maximum absolute atomic E-state index is 12.1. The molecule has 0 heterocycles. The monoisotopic (exact) mass is 487 g/mol. The van der Waals surface area contributed by atoms with Gasteiger partial charge < -0.3 is 49.5 Å². The van der Waals surface area contributed by atoms with E-state index in [1.54, 1.807) is 0 Å². The molecular weight excluding hydrogens is 434 g/mol. The fourth-order valence-electron chi connectivity index (χ4n) is 3.40. The standard InChI is InChI=1S/C22H53N11O/c1-2-3-14-32(18-19-33(15-7-24)17-12-28-9-6-23)16-13-29-10-11-30-21(34)20(25)5-4-8-31-22(26)27/h20,28-29H,2-19,23-25H2,1H3,(H,30,34)(H4,26,27,31). The highest BCUT2D eigenvalue weighted by molar-refractivity contribution is 5.81. The van der Waals surface area contributed by atoms with Gasteiger partial charge in [0, 0.05) is 85.1 Å². The van der Waals surface area contributed by atoms with Gasteiger partial charge in [-0.2, -0.15) is 0 Å². The number of amides is 1. The van der Waals surface area contributed by atoms with Crippen molar-refractivity contribution in [1.82, 2.24) is 25.8 Å². The molecule has 0 rings (SSSR count). The van der Waals surface area contributed by atoms with Gasteiger partial charge in [-0.25, -0.2) is 0 Å². The van der Waals surface area contributed by atoms with Crippen molar-refractivity contribution in [2.24, 2.45) is 33.7 Å². The maximum atomic E-state index is 12.1. The van der Waals surface area contributed by atoms with E-state index >= 15 is 0 Å². The summed E-state index contributed by atoms with van der Waals surface area (Å²) in [5.74, 6) is -0.0853. The molecule has 0 aromatic rings. The molecule has 0 bridgehead atoms. The summed E-state index contributed by atoms with van der Waals surface area (Å²) in [7, 11) is 0. The molecule has 0 saturated heterocycles. The molecule has 0 aliphatic rings. The van der Waals surface area contributed by atoms with Crippen LogP contribution >= 0.6 is 0 Å². The van der Waals surface area contributed by atoms with Crippen molar-refractivity contribution in [3.05, 3.63) is 0 Å². The van der Waals surface area contributed by atoms with Gasteiger partial charge in [0.1, 0.15) is 0 Å². The largest absolute Gasteiger partial charge is 0.370 e. The molecule has 12 nitrogen and oxygen atoms in total. The summed E-state index contributed by atoms with van der Waals surface area (Å²) in [5, 5.41) is 9.64. The Morgan fingerprint density at radius 3 is 2.06 bits per heavy atom. The molecule has 0 aromatic carbocycles. The highest BCUT2D eigenvalue weighted by Crippen LogP contribution is 1.97. The van der Waals surface area contributed by atoms with E-state index in [4.69, 9.17) is 28.7 Å². The molecule has 0 aliphatic heterocycles. The van der Waals surface area contributed by atoms with Crippen LogP contribution in [-0.4, -0.2) is 119 Å². The molecule has 0 radical (unpaired) electrons. The van der Waals surface area contributed by atoms with Crippen LogP contribution in [0.3, 0.4) is 0 Å². The van der Waals surface area contributed by atoms with Gasteiger partial charge in [-0.05, 0) is 25.8 Å². The zero-order chi connectivity index (χ0) is 25.4. The topological polar surface area (TPSA) is 202 Å². The van der Waals surface area contributed by atoms with Gasteiger partial charge in [-0.1, -0.05) is 13.3 Å². The second-order valence-corrected chi connectivity index (χ2v) is 8.46. The van der Waals surface area contributed by atoms with Crippen LogP contribution in [-0.2, 0) is 4.79 Å². The van der Waals surface area contributed by atoms with E-state index in [9.17, 15) is 4.79 Å². The fourth-order valence-corrected chi connectivity index (χ4v) is 3.40. The minimum absolute atomic E-state index is 0.0564. The van der Waals surface area contributed by atoms with E-state index in [1.165, 1.54) is 12.8 Å². The van der Waals surface area contributed by atoms with Crippen LogP contribution < -0.4 is 44.6 Å². The van der Waals surface area contributed by atoms with Gasteiger partial charge in [0.15, 0.2) is 5.96 Å². The third-order valence-electron chi connectivity index (χ3n) is 5.44. The van der Waals surface area contributed by atoms with Crippen molar-refractivity contribution in [3.63, 3.8) is 0 Å². The number of hydrogen-bond donors (Lipinski definition) is 8. The van der Waals surface area contributed by atoms with Gasteiger partial charge in [-0.3, -0.25) is 14.7 Å². The summed E-state index contributed by atoms with van der Waals surface area (Å²) in [6, 6.07) is -0.541. The number of rotatable bonds is 24. The molecule has 1 unspecified atom stereocenters. The molecule has 1 atom stereocenters. The zero-order valence-electron chi connectivity index (χ0n) is 21.4. The number of guanidine groups is 1. The molecule has 13 N–H and O–H groups in total. The highest BCUT2D eigenvalue weighted by Gasteiger charge is 2.12. The average molecular weight is 488 g/mol. The summed E-state index contributed by atoms with van der Waals surface area (Å²) >= 11 is 0. The van der Waals surface area contributed by atoms with Crippen molar-refractivity contribution in [1.29, 1.82) is 0 Å². The third-order valence-corrected chi connectivity index (χ3v) is 5.44. The predicted octanol–water partition coefficient (Wildman–Crippen LogP) is -3.02. The normalized spacial score (nSPS) is 12.3.